The summed E-state index contributed by atoms with van der Waals surface area (Å²) in [6, 6.07) is 3.33. The van der Waals surface area contributed by atoms with E-state index in [1.54, 1.807) is 12.4 Å². The van der Waals surface area contributed by atoms with Gasteiger partial charge < -0.3 is 5.32 Å². The lowest BCUT2D eigenvalue weighted by Crippen LogP contribution is -2.23. The Morgan fingerprint density at radius 2 is 2.07 bits per heavy atom. The number of pyridine rings is 1. The molecule has 0 unspecified atom stereocenters. The second-order valence-electron chi connectivity index (χ2n) is 6.96. The third-order valence-corrected chi connectivity index (χ3v) is 6.31. The molecule has 2 N–H and O–H groups in total. The summed E-state index contributed by atoms with van der Waals surface area (Å²) in [5.41, 5.74) is 3.11. The van der Waals surface area contributed by atoms with Gasteiger partial charge in [0.2, 0.25) is 0 Å². The van der Waals surface area contributed by atoms with Gasteiger partial charge in [-0.1, -0.05) is 0 Å². The number of aromatic amines is 1. The Hall–Kier alpha value is -3.20. The average molecular weight is 408 g/mol. The van der Waals surface area contributed by atoms with Crippen LogP contribution in [0.5, 0.6) is 0 Å². The number of nitrogens with zero attached hydrogens (tertiary/aromatic N) is 4. The standard InChI is InChI=1S/C20H17FN6OS/c21-14-5-12(18-13-8-26-27-19(13)25-10-24-18)7-22-15(14)9-23-20(28)17-6-11-3-1-2-4-16(11)29-17/h5-8,10H,1-4,9H2,(H,23,28)(H,24,25,26,27). The van der Waals surface area contributed by atoms with Crippen LogP contribution in [-0.4, -0.2) is 31.1 Å². The second kappa shape index (κ2) is 7.32. The SMILES string of the molecule is O=C(NCc1ncc(-c2ncnc3[nH]ncc23)cc1F)c1cc2c(s1)CCCC2. The first kappa shape index (κ1) is 17.9. The van der Waals surface area contributed by atoms with Gasteiger partial charge in [0, 0.05) is 16.6 Å². The third kappa shape index (κ3) is 3.38. The minimum atomic E-state index is -0.497. The Morgan fingerprint density at radius 1 is 1.17 bits per heavy atom. The van der Waals surface area contributed by atoms with Crippen LogP contribution in [-0.2, 0) is 19.4 Å². The van der Waals surface area contributed by atoms with Gasteiger partial charge in [-0.05, 0) is 43.4 Å². The van der Waals surface area contributed by atoms with E-state index in [-0.39, 0.29) is 18.1 Å². The van der Waals surface area contributed by atoms with Crippen LogP contribution < -0.4 is 5.32 Å². The van der Waals surface area contributed by atoms with Gasteiger partial charge in [-0.3, -0.25) is 14.9 Å². The van der Waals surface area contributed by atoms with Crippen LogP contribution in [0.2, 0.25) is 0 Å². The number of fused-ring (bicyclic) bond motifs is 2. The number of amides is 1. The van der Waals surface area contributed by atoms with Crippen molar-refractivity contribution in [2.45, 2.75) is 32.2 Å². The van der Waals surface area contributed by atoms with Crippen molar-refractivity contribution in [2.75, 3.05) is 0 Å². The highest BCUT2D eigenvalue weighted by Gasteiger charge is 2.18. The van der Waals surface area contributed by atoms with E-state index >= 15 is 0 Å². The Kier molecular flexibility index (Phi) is 4.51. The number of hydrogen-bond donors (Lipinski definition) is 2. The zero-order chi connectivity index (χ0) is 19.8. The highest BCUT2D eigenvalue weighted by Crippen LogP contribution is 2.29. The number of nitrogens with one attached hydrogen (secondary N) is 2. The lowest BCUT2D eigenvalue weighted by Gasteiger charge is -2.08. The summed E-state index contributed by atoms with van der Waals surface area (Å²) in [5.74, 6) is -0.686. The van der Waals surface area contributed by atoms with Crippen LogP contribution in [0.3, 0.4) is 0 Å². The average Bonchev–Trinajstić information content (AvgIpc) is 3.39. The van der Waals surface area contributed by atoms with Crippen LogP contribution in [0.4, 0.5) is 4.39 Å². The fourth-order valence-corrected chi connectivity index (χ4v) is 4.74. The number of carbonyl (C=O) groups excluding carboxylic acids is 1. The lowest BCUT2D eigenvalue weighted by molar-refractivity contribution is 0.0954. The summed E-state index contributed by atoms with van der Waals surface area (Å²) in [5, 5.41) is 10.2. The molecular weight excluding hydrogens is 391 g/mol. The number of carbonyl (C=O) groups is 1. The quantitative estimate of drug-likeness (QED) is 0.539. The Bertz CT molecular complexity index is 1190. The zero-order valence-electron chi connectivity index (χ0n) is 15.4. The first-order valence-corrected chi connectivity index (χ1v) is 10.2. The Balaban J connectivity index is 1.33. The normalized spacial score (nSPS) is 13.4. The van der Waals surface area contributed by atoms with Gasteiger partial charge in [-0.25, -0.2) is 14.4 Å². The summed E-state index contributed by atoms with van der Waals surface area (Å²) < 4.78 is 14.6. The number of H-pyrrole nitrogens is 1. The van der Waals surface area contributed by atoms with E-state index in [1.807, 2.05) is 6.07 Å². The van der Waals surface area contributed by atoms with E-state index in [0.29, 0.717) is 27.2 Å². The molecule has 4 aromatic heterocycles. The van der Waals surface area contributed by atoms with Gasteiger partial charge in [0.05, 0.1) is 34.4 Å². The predicted octanol–water partition coefficient (Wildman–Crippen LogP) is 3.42. The van der Waals surface area contributed by atoms with Crippen molar-refractivity contribution >= 4 is 28.3 Å². The maximum Gasteiger partial charge on any atom is 0.261 e. The van der Waals surface area contributed by atoms with Crippen molar-refractivity contribution in [1.82, 2.24) is 30.5 Å². The van der Waals surface area contributed by atoms with Crippen LogP contribution in [0.15, 0.2) is 30.9 Å². The maximum absolute atomic E-state index is 14.6. The number of rotatable bonds is 4. The van der Waals surface area contributed by atoms with Crippen LogP contribution >= 0.6 is 11.3 Å². The summed E-state index contributed by atoms with van der Waals surface area (Å²) in [6.07, 6.45) is 8.95. The molecule has 0 aliphatic heterocycles. The van der Waals surface area contributed by atoms with Crippen LogP contribution in [0.1, 0.15) is 38.6 Å². The van der Waals surface area contributed by atoms with Gasteiger partial charge in [-0.2, -0.15) is 5.10 Å². The number of hydrogen-bond acceptors (Lipinski definition) is 6. The minimum Gasteiger partial charge on any atom is -0.346 e. The second-order valence-corrected chi connectivity index (χ2v) is 8.09. The monoisotopic (exact) mass is 408 g/mol. The van der Waals surface area contributed by atoms with Crippen LogP contribution in [0.25, 0.3) is 22.3 Å². The molecule has 0 spiro atoms. The van der Waals surface area contributed by atoms with Crippen molar-refractivity contribution in [3.05, 3.63) is 57.7 Å². The van der Waals surface area contributed by atoms with Crippen LogP contribution in [0, 0.1) is 5.82 Å². The molecule has 0 fully saturated rings. The van der Waals surface area contributed by atoms with Crippen molar-refractivity contribution in [3.63, 3.8) is 0 Å². The molecule has 1 aliphatic carbocycles. The molecule has 0 radical (unpaired) electrons. The fourth-order valence-electron chi connectivity index (χ4n) is 3.57. The smallest absolute Gasteiger partial charge is 0.261 e. The molecule has 0 saturated carbocycles. The molecule has 4 aromatic rings. The number of thiophene rings is 1. The first-order chi connectivity index (χ1) is 14.2. The molecule has 4 heterocycles. The van der Waals surface area contributed by atoms with Gasteiger partial charge >= 0.3 is 0 Å². The lowest BCUT2D eigenvalue weighted by atomic mass is 9.99. The summed E-state index contributed by atoms with van der Waals surface area (Å²) in [7, 11) is 0. The van der Waals surface area contributed by atoms with E-state index in [2.05, 4.69) is 30.5 Å². The van der Waals surface area contributed by atoms with Gasteiger partial charge in [-0.15, -0.1) is 11.3 Å². The summed E-state index contributed by atoms with van der Waals surface area (Å²) in [4.78, 5) is 26.9. The topological polar surface area (TPSA) is 96.5 Å². The molecule has 0 saturated heterocycles. The van der Waals surface area contributed by atoms with E-state index in [0.717, 1.165) is 12.8 Å². The molecule has 146 valence electrons. The zero-order valence-corrected chi connectivity index (χ0v) is 16.2. The number of halogens is 1. The van der Waals surface area contributed by atoms with E-state index in [4.69, 9.17) is 0 Å². The van der Waals surface area contributed by atoms with E-state index in [1.165, 1.54) is 47.0 Å². The maximum atomic E-state index is 14.6. The van der Waals surface area contributed by atoms with Crippen molar-refractivity contribution < 1.29 is 9.18 Å². The molecule has 0 aromatic carbocycles. The molecule has 7 nitrogen and oxygen atoms in total. The summed E-state index contributed by atoms with van der Waals surface area (Å²) >= 11 is 1.54. The van der Waals surface area contributed by atoms with Gasteiger partial charge in [0.15, 0.2) is 5.65 Å². The fraction of sp³-hybridized carbons (Fsp3) is 0.250. The Labute approximate surface area is 169 Å². The molecular formula is C20H17FN6OS. The molecule has 0 atom stereocenters. The molecule has 5 rings (SSSR count). The van der Waals surface area contributed by atoms with Gasteiger partial charge in [0.1, 0.15) is 12.1 Å². The molecule has 29 heavy (non-hydrogen) atoms. The minimum absolute atomic E-state index is 0.0262. The largest absolute Gasteiger partial charge is 0.346 e. The molecule has 1 aliphatic rings. The predicted molar refractivity (Wildman–Crippen MR) is 107 cm³/mol. The molecule has 9 heteroatoms. The van der Waals surface area contributed by atoms with Gasteiger partial charge in [0.25, 0.3) is 5.91 Å². The van der Waals surface area contributed by atoms with Crippen molar-refractivity contribution in [1.29, 1.82) is 0 Å². The highest BCUT2D eigenvalue weighted by atomic mass is 32.1. The third-order valence-electron chi connectivity index (χ3n) is 5.08. The number of aryl methyl sites for hydroxylation is 2. The van der Waals surface area contributed by atoms with Crippen molar-refractivity contribution in [2.24, 2.45) is 0 Å². The van der Waals surface area contributed by atoms with E-state index < -0.39 is 5.82 Å². The highest BCUT2D eigenvalue weighted by molar-refractivity contribution is 7.14. The first-order valence-electron chi connectivity index (χ1n) is 9.37. The molecule has 0 bridgehead atoms. The Morgan fingerprint density at radius 3 is 2.93 bits per heavy atom. The summed E-state index contributed by atoms with van der Waals surface area (Å²) in [6.45, 7) is 0.0262. The number of aromatic nitrogens is 5. The molecule has 1 amide bonds. The van der Waals surface area contributed by atoms with E-state index in [9.17, 15) is 9.18 Å². The van der Waals surface area contributed by atoms with Crippen molar-refractivity contribution in [3.8, 4) is 11.3 Å².